The van der Waals surface area contributed by atoms with Crippen LogP contribution in [0.2, 0.25) is 0 Å². The van der Waals surface area contributed by atoms with E-state index in [0.29, 0.717) is 18.7 Å². The van der Waals surface area contributed by atoms with Gasteiger partial charge in [0.2, 0.25) is 17.8 Å². The monoisotopic (exact) mass is 536 g/mol. The molecule has 1 aromatic carbocycles. The first kappa shape index (κ1) is 25.9. The number of likely N-dealkylation sites (tertiary alicyclic amines) is 2. The van der Waals surface area contributed by atoms with E-state index in [-0.39, 0.29) is 30.0 Å². The van der Waals surface area contributed by atoms with Crippen molar-refractivity contribution >= 4 is 51.7 Å². The molecular weight excluding hydrogens is 504 g/mol. The molecule has 10 nitrogen and oxygen atoms in total. The first-order chi connectivity index (χ1) is 18.4. The van der Waals surface area contributed by atoms with E-state index in [2.05, 4.69) is 15.6 Å². The highest BCUT2D eigenvalue weighted by Gasteiger charge is 2.30. The number of nitrogens with zero attached hydrogens (tertiary/aromatic N) is 4. The molecule has 2 N–H and O–H groups in total. The second kappa shape index (κ2) is 11.3. The molecule has 2 fully saturated rings. The number of carbonyl (C=O) groups is 3. The van der Waals surface area contributed by atoms with Crippen molar-refractivity contribution in [2.75, 3.05) is 31.5 Å². The Morgan fingerprint density at radius 2 is 1.92 bits per heavy atom. The lowest BCUT2D eigenvalue weighted by molar-refractivity contribution is -0.140. The molecule has 3 amide bonds. The van der Waals surface area contributed by atoms with Gasteiger partial charge >= 0.3 is 0 Å². The second-order valence-corrected chi connectivity index (χ2v) is 10.8. The van der Waals surface area contributed by atoms with E-state index in [4.69, 9.17) is 9.41 Å². The van der Waals surface area contributed by atoms with Crippen LogP contribution in [0, 0.1) is 13.8 Å². The van der Waals surface area contributed by atoms with Crippen LogP contribution in [-0.4, -0.2) is 70.7 Å². The lowest BCUT2D eigenvalue weighted by Gasteiger charge is -2.25. The summed E-state index contributed by atoms with van der Waals surface area (Å²) in [6.07, 6.45) is 4.13. The van der Waals surface area contributed by atoms with Gasteiger partial charge in [0.1, 0.15) is 23.1 Å². The van der Waals surface area contributed by atoms with Crippen molar-refractivity contribution in [3.8, 4) is 0 Å². The minimum atomic E-state index is -0.719. The fourth-order valence-corrected chi connectivity index (χ4v) is 5.47. The first-order valence-corrected chi connectivity index (χ1v) is 13.9. The molecule has 38 heavy (non-hydrogen) atoms. The third-order valence-electron chi connectivity index (χ3n) is 6.81. The van der Waals surface area contributed by atoms with Gasteiger partial charge in [-0.1, -0.05) is 0 Å². The Labute approximate surface area is 225 Å². The molecule has 2 saturated heterocycles. The minimum Gasteiger partial charge on any atom is -0.461 e. The van der Waals surface area contributed by atoms with E-state index >= 15 is 0 Å². The number of aryl methyl sites for hydroxylation is 2. The van der Waals surface area contributed by atoms with Crippen molar-refractivity contribution in [2.45, 2.75) is 52.0 Å². The van der Waals surface area contributed by atoms with Gasteiger partial charge in [0, 0.05) is 36.1 Å². The largest absolute Gasteiger partial charge is 0.461 e. The van der Waals surface area contributed by atoms with E-state index in [9.17, 15) is 14.4 Å². The summed E-state index contributed by atoms with van der Waals surface area (Å²) in [6, 6.07) is 6.78. The maximum atomic E-state index is 13.5. The number of carbonyl (C=O) groups excluding carboxylic acids is 3. The highest BCUT2D eigenvalue weighted by atomic mass is 32.1. The zero-order valence-electron chi connectivity index (χ0n) is 21.7. The van der Waals surface area contributed by atoms with Crippen LogP contribution in [0.5, 0.6) is 0 Å². The van der Waals surface area contributed by atoms with Gasteiger partial charge in [-0.25, -0.2) is 9.98 Å². The first-order valence-electron chi connectivity index (χ1n) is 13.0. The summed E-state index contributed by atoms with van der Waals surface area (Å²) in [6.45, 7) is 5.80. The maximum Gasteiger partial charge on any atom is 0.277 e. The summed E-state index contributed by atoms with van der Waals surface area (Å²) < 4.78 is 5.67. The van der Waals surface area contributed by atoms with Gasteiger partial charge < -0.3 is 19.5 Å². The molecule has 1 atom stereocenters. The van der Waals surface area contributed by atoms with Crippen LogP contribution in [0.4, 0.5) is 5.69 Å². The number of thiazole rings is 1. The average molecular weight is 537 g/mol. The topological polar surface area (TPSA) is 120 Å². The van der Waals surface area contributed by atoms with Gasteiger partial charge in [0.15, 0.2) is 0 Å². The summed E-state index contributed by atoms with van der Waals surface area (Å²) in [5.41, 5.74) is 1.73. The summed E-state index contributed by atoms with van der Waals surface area (Å²) in [4.78, 5) is 51.7. The van der Waals surface area contributed by atoms with Crippen molar-refractivity contribution in [1.29, 1.82) is 0 Å². The summed E-state index contributed by atoms with van der Waals surface area (Å²) in [5.74, 6) is 0.323. The number of hydrogen-bond acceptors (Lipinski definition) is 7. The SMILES string of the molecule is Cc1cc2cc(NC(=NC3CCCCN(CC(=O)N4CCCC4)C3=O)NC(=O)c3csc(C)n3)ccc2o1. The number of guanidine groups is 1. The van der Waals surface area contributed by atoms with Gasteiger partial charge in [-0.05, 0) is 70.2 Å². The Hall–Kier alpha value is -3.73. The third kappa shape index (κ3) is 6.04. The second-order valence-electron chi connectivity index (χ2n) is 9.78. The van der Waals surface area contributed by atoms with Gasteiger partial charge in [-0.3, -0.25) is 19.7 Å². The molecule has 0 spiro atoms. The Morgan fingerprint density at radius 1 is 1.13 bits per heavy atom. The van der Waals surface area contributed by atoms with Gasteiger partial charge in [-0.15, -0.1) is 11.3 Å². The molecule has 11 heteroatoms. The van der Waals surface area contributed by atoms with Gasteiger partial charge in [0.25, 0.3) is 5.91 Å². The van der Waals surface area contributed by atoms with Crippen molar-refractivity contribution < 1.29 is 18.8 Å². The standard InChI is InChI=1S/C27H32N6O4S/c1-17-13-19-14-20(8-9-23(19)37-17)29-27(31-25(35)22-16-38-18(2)28-22)30-21-7-3-4-12-33(26(21)36)15-24(34)32-10-5-6-11-32/h8-9,13-14,16,21H,3-7,10-12,15H2,1-2H3,(H2,29,30,31,35). The van der Waals surface area contributed by atoms with Crippen LogP contribution in [0.25, 0.3) is 11.0 Å². The number of aliphatic imine (C=N–C) groups is 1. The average Bonchev–Trinajstić information content (AvgIpc) is 3.63. The van der Waals surface area contributed by atoms with Crippen LogP contribution in [0.15, 0.2) is 39.1 Å². The van der Waals surface area contributed by atoms with Crippen molar-refractivity contribution in [3.05, 3.63) is 46.1 Å². The zero-order valence-corrected chi connectivity index (χ0v) is 22.5. The number of aromatic nitrogens is 1. The van der Waals surface area contributed by atoms with Crippen LogP contribution >= 0.6 is 11.3 Å². The molecule has 5 rings (SSSR count). The van der Waals surface area contributed by atoms with E-state index in [1.165, 1.54) is 11.3 Å². The minimum absolute atomic E-state index is 0.0188. The molecule has 0 aliphatic carbocycles. The molecule has 0 saturated carbocycles. The zero-order chi connectivity index (χ0) is 26.6. The quantitative estimate of drug-likeness (QED) is 0.379. The fourth-order valence-electron chi connectivity index (χ4n) is 4.87. The molecule has 4 heterocycles. The van der Waals surface area contributed by atoms with E-state index in [1.807, 2.05) is 43.0 Å². The van der Waals surface area contributed by atoms with Crippen molar-refractivity contribution in [3.63, 3.8) is 0 Å². The number of furan rings is 1. The Kier molecular flexibility index (Phi) is 7.73. The molecule has 1 unspecified atom stereocenters. The fraction of sp³-hybridized carbons (Fsp3) is 0.444. The highest BCUT2D eigenvalue weighted by molar-refractivity contribution is 7.09. The lowest BCUT2D eigenvalue weighted by atomic mass is 10.1. The Morgan fingerprint density at radius 3 is 2.68 bits per heavy atom. The molecular formula is C27H32N6O4S. The van der Waals surface area contributed by atoms with Gasteiger partial charge in [-0.2, -0.15) is 0 Å². The summed E-state index contributed by atoms with van der Waals surface area (Å²) in [5, 5.41) is 9.37. The summed E-state index contributed by atoms with van der Waals surface area (Å²) >= 11 is 1.38. The molecule has 3 aromatic rings. The maximum absolute atomic E-state index is 13.5. The number of fused-ring (bicyclic) bond motifs is 1. The number of benzene rings is 1. The van der Waals surface area contributed by atoms with Crippen LogP contribution in [0.3, 0.4) is 0 Å². The number of amides is 3. The Bertz CT molecular complexity index is 1370. The van der Waals surface area contributed by atoms with Crippen molar-refractivity contribution in [2.24, 2.45) is 4.99 Å². The predicted molar refractivity (Wildman–Crippen MR) is 146 cm³/mol. The van der Waals surface area contributed by atoms with E-state index in [0.717, 1.165) is 60.5 Å². The molecule has 2 aliphatic rings. The third-order valence-corrected chi connectivity index (χ3v) is 7.58. The lowest BCUT2D eigenvalue weighted by Crippen LogP contribution is -2.45. The van der Waals surface area contributed by atoms with Crippen molar-refractivity contribution in [1.82, 2.24) is 20.1 Å². The number of hydrogen-bond donors (Lipinski definition) is 2. The van der Waals surface area contributed by atoms with Gasteiger partial charge in [0.05, 0.1) is 11.6 Å². The van der Waals surface area contributed by atoms with E-state index in [1.54, 1.807) is 10.3 Å². The van der Waals surface area contributed by atoms with Crippen LogP contribution < -0.4 is 10.6 Å². The number of nitrogens with one attached hydrogen (secondary N) is 2. The normalized spacial score (nSPS) is 18.6. The highest BCUT2D eigenvalue weighted by Crippen LogP contribution is 2.23. The number of rotatable bonds is 5. The molecule has 2 aromatic heterocycles. The van der Waals surface area contributed by atoms with E-state index < -0.39 is 11.9 Å². The molecule has 0 radical (unpaired) electrons. The Balaban J connectivity index is 1.39. The summed E-state index contributed by atoms with van der Waals surface area (Å²) in [7, 11) is 0. The smallest absolute Gasteiger partial charge is 0.277 e. The molecule has 2 aliphatic heterocycles. The molecule has 0 bridgehead atoms. The predicted octanol–water partition coefficient (Wildman–Crippen LogP) is 3.71. The molecule has 200 valence electrons. The number of anilines is 1. The van der Waals surface area contributed by atoms with Crippen LogP contribution in [-0.2, 0) is 9.59 Å². The van der Waals surface area contributed by atoms with Crippen LogP contribution in [0.1, 0.15) is 53.4 Å².